The van der Waals surface area contributed by atoms with Gasteiger partial charge in [-0.25, -0.2) is 4.79 Å². The largest absolute Gasteiger partial charge is 0.493 e. The van der Waals surface area contributed by atoms with Crippen LogP contribution in [0.15, 0.2) is 24.3 Å². The molecular formula is C13H16O4. The predicted octanol–water partition coefficient (Wildman–Crippen LogP) is 1.68. The number of methoxy groups -OCH3 is 1. The summed E-state index contributed by atoms with van der Waals surface area (Å²) in [4.78, 5) is 11.3. The van der Waals surface area contributed by atoms with Gasteiger partial charge in [0.1, 0.15) is 5.75 Å². The minimum Gasteiger partial charge on any atom is -0.493 e. The summed E-state index contributed by atoms with van der Waals surface area (Å²) in [5.74, 6) is 0.503. The van der Waals surface area contributed by atoms with Gasteiger partial charge in [0.05, 0.1) is 13.7 Å². The van der Waals surface area contributed by atoms with Crippen molar-refractivity contribution in [3.63, 3.8) is 0 Å². The molecule has 0 radical (unpaired) electrons. The van der Waals surface area contributed by atoms with Gasteiger partial charge in [0.15, 0.2) is 6.10 Å². The number of rotatable bonds is 5. The number of aliphatic hydroxyl groups is 1. The minimum absolute atomic E-state index is 0.458. The highest BCUT2D eigenvalue weighted by Gasteiger charge is 2.25. The molecule has 1 N–H and O–H groups in total. The Morgan fingerprint density at radius 2 is 2.18 bits per heavy atom. The topological polar surface area (TPSA) is 55.8 Å². The molecule has 0 amide bonds. The Balaban J connectivity index is 2.10. The van der Waals surface area contributed by atoms with Crippen LogP contribution in [0.3, 0.4) is 0 Å². The Kier molecular flexibility index (Phi) is 3.64. The van der Waals surface area contributed by atoms with Crippen molar-refractivity contribution in [2.45, 2.75) is 18.9 Å². The van der Waals surface area contributed by atoms with Gasteiger partial charge in [-0.15, -0.1) is 0 Å². The molecule has 1 unspecified atom stereocenters. The van der Waals surface area contributed by atoms with Crippen LogP contribution < -0.4 is 4.74 Å². The number of benzene rings is 1. The van der Waals surface area contributed by atoms with Crippen LogP contribution in [-0.4, -0.2) is 24.8 Å². The second kappa shape index (κ2) is 5.19. The quantitative estimate of drug-likeness (QED) is 0.790. The molecule has 1 aromatic rings. The molecule has 1 aliphatic rings. The summed E-state index contributed by atoms with van der Waals surface area (Å²) in [5, 5.41) is 9.80. The zero-order valence-electron chi connectivity index (χ0n) is 9.76. The second-order valence-corrected chi connectivity index (χ2v) is 4.22. The maximum atomic E-state index is 11.3. The summed E-state index contributed by atoms with van der Waals surface area (Å²) < 4.78 is 10.1. The van der Waals surface area contributed by atoms with E-state index in [4.69, 9.17) is 4.74 Å². The Hall–Kier alpha value is -1.55. The summed E-state index contributed by atoms with van der Waals surface area (Å²) in [6.07, 6.45) is 1.11. The average Bonchev–Trinajstić information content (AvgIpc) is 3.19. The van der Waals surface area contributed by atoms with Crippen LogP contribution in [-0.2, 0) is 9.53 Å². The van der Waals surface area contributed by atoms with Crippen LogP contribution in [0.2, 0.25) is 0 Å². The number of esters is 1. The van der Waals surface area contributed by atoms with Crippen molar-refractivity contribution in [3.8, 4) is 5.75 Å². The molecule has 1 atom stereocenters. The second-order valence-electron chi connectivity index (χ2n) is 4.22. The summed E-state index contributed by atoms with van der Waals surface area (Å²) >= 11 is 0. The molecule has 0 bridgehead atoms. The van der Waals surface area contributed by atoms with E-state index in [-0.39, 0.29) is 0 Å². The molecule has 4 nitrogen and oxygen atoms in total. The maximum absolute atomic E-state index is 11.3. The zero-order valence-corrected chi connectivity index (χ0v) is 9.76. The number of ether oxygens (including phenoxy) is 2. The van der Waals surface area contributed by atoms with Crippen molar-refractivity contribution < 1.29 is 19.4 Å². The van der Waals surface area contributed by atoms with Crippen LogP contribution in [0.4, 0.5) is 0 Å². The molecule has 0 aromatic heterocycles. The summed E-state index contributed by atoms with van der Waals surface area (Å²) in [7, 11) is 1.25. The molecule has 17 heavy (non-hydrogen) atoms. The maximum Gasteiger partial charge on any atom is 0.339 e. The van der Waals surface area contributed by atoms with Crippen molar-refractivity contribution in [3.05, 3.63) is 29.8 Å². The van der Waals surface area contributed by atoms with Crippen LogP contribution in [0, 0.1) is 5.92 Å². The molecule has 0 spiro atoms. The van der Waals surface area contributed by atoms with Crippen molar-refractivity contribution in [2.75, 3.05) is 13.7 Å². The molecule has 1 fully saturated rings. The highest BCUT2D eigenvalue weighted by Crippen LogP contribution is 2.31. The summed E-state index contributed by atoms with van der Waals surface area (Å²) in [5.41, 5.74) is 0.458. The van der Waals surface area contributed by atoms with Gasteiger partial charge in [0.25, 0.3) is 0 Å². The molecule has 92 valence electrons. The lowest BCUT2D eigenvalue weighted by atomic mass is 10.1. The van der Waals surface area contributed by atoms with E-state index in [1.807, 2.05) is 6.07 Å². The number of para-hydroxylation sites is 1. The summed E-state index contributed by atoms with van der Waals surface area (Å²) in [6, 6.07) is 6.99. The van der Waals surface area contributed by atoms with E-state index in [0.717, 1.165) is 0 Å². The van der Waals surface area contributed by atoms with E-state index in [0.29, 0.717) is 23.8 Å². The smallest absolute Gasteiger partial charge is 0.339 e. The molecule has 4 heteroatoms. The molecule has 0 saturated heterocycles. The van der Waals surface area contributed by atoms with Gasteiger partial charge in [0.2, 0.25) is 0 Å². The number of aliphatic hydroxyl groups excluding tert-OH is 1. The lowest BCUT2D eigenvalue weighted by Crippen LogP contribution is -2.15. The van der Waals surface area contributed by atoms with Gasteiger partial charge in [-0.05, 0) is 24.8 Å². The molecule has 1 saturated carbocycles. The number of carbonyl (C=O) groups is 1. The first-order valence-electron chi connectivity index (χ1n) is 5.70. The fourth-order valence-electron chi connectivity index (χ4n) is 1.57. The van der Waals surface area contributed by atoms with E-state index in [9.17, 15) is 9.90 Å². The van der Waals surface area contributed by atoms with Crippen molar-refractivity contribution in [1.82, 2.24) is 0 Å². The number of hydrogen-bond donors (Lipinski definition) is 1. The van der Waals surface area contributed by atoms with E-state index >= 15 is 0 Å². The van der Waals surface area contributed by atoms with Crippen molar-refractivity contribution in [1.29, 1.82) is 0 Å². The Morgan fingerprint density at radius 1 is 1.47 bits per heavy atom. The van der Waals surface area contributed by atoms with Gasteiger partial charge in [-0.1, -0.05) is 18.2 Å². The molecular weight excluding hydrogens is 220 g/mol. The molecule has 1 aliphatic carbocycles. The molecule has 0 heterocycles. The van der Waals surface area contributed by atoms with Gasteiger partial charge in [-0.3, -0.25) is 0 Å². The molecule has 2 rings (SSSR count). The van der Waals surface area contributed by atoms with E-state index in [2.05, 4.69) is 4.74 Å². The number of hydrogen-bond acceptors (Lipinski definition) is 4. The third kappa shape index (κ3) is 2.97. The predicted molar refractivity (Wildman–Crippen MR) is 61.6 cm³/mol. The van der Waals surface area contributed by atoms with Crippen LogP contribution in [0.25, 0.3) is 0 Å². The Morgan fingerprint density at radius 3 is 2.82 bits per heavy atom. The van der Waals surface area contributed by atoms with Crippen molar-refractivity contribution in [2.24, 2.45) is 5.92 Å². The first-order chi connectivity index (χ1) is 8.22. The third-order valence-electron chi connectivity index (χ3n) is 2.81. The van der Waals surface area contributed by atoms with Crippen LogP contribution >= 0.6 is 0 Å². The summed E-state index contributed by atoms with van der Waals surface area (Å²) in [6.45, 7) is 0.644. The van der Waals surface area contributed by atoms with Crippen LogP contribution in [0.5, 0.6) is 5.75 Å². The monoisotopic (exact) mass is 236 g/mol. The van der Waals surface area contributed by atoms with E-state index < -0.39 is 12.1 Å². The third-order valence-corrected chi connectivity index (χ3v) is 2.81. The molecule has 1 aromatic carbocycles. The first-order valence-corrected chi connectivity index (χ1v) is 5.70. The number of carbonyl (C=O) groups excluding carboxylic acids is 1. The van der Waals surface area contributed by atoms with E-state index in [1.165, 1.54) is 20.0 Å². The Labute approximate surface area is 100 Å². The average molecular weight is 236 g/mol. The van der Waals surface area contributed by atoms with E-state index in [1.54, 1.807) is 18.2 Å². The van der Waals surface area contributed by atoms with Gasteiger partial charge < -0.3 is 14.6 Å². The fourth-order valence-corrected chi connectivity index (χ4v) is 1.57. The lowest BCUT2D eigenvalue weighted by molar-refractivity contribution is -0.150. The minimum atomic E-state index is -1.28. The molecule has 0 aliphatic heterocycles. The standard InChI is InChI=1S/C13H16O4/c1-16-13(15)12(14)10-4-2-3-5-11(10)17-8-9-6-7-9/h2-5,9,12,14H,6-8H2,1H3. The highest BCUT2D eigenvalue weighted by atomic mass is 16.5. The van der Waals surface area contributed by atoms with Gasteiger partial charge in [-0.2, -0.15) is 0 Å². The first kappa shape index (κ1) is 11.9. The lowest BCUT2D eigenvalue weighted by Gasteiger charge is -2.14. The fraction of sp³-hybridized carbons (Fsp3) is 0.462. The normalized spacial score (nSPS) is 16.4. The zero-order chi connectivity index (χ0) is 12.3. The van der Waals surface area contributed by atoms with Crippen molar-refractivity contribution >= 4 is 5.97 Å². The van der Waals surface area contributed by atoms with Gasteiger partial charge in [0, 0.05) is 5.56 Å². The van der Waals surface area contributed by atoms with Gasteiger partial charge >= 0.3 is 5.97 Å². The highest BCUT2D eigenvalue weighted by molar-refractivity contribution is 5.77. The Bertz CT molecular complexity index is 398. The SMILES string of the molecule is COC(=O)C(O)c1ccccc1OCC1CC1. The van der Waals surface area contributed by atoms with Crippen LogP contribution in [0.1, 0.15) is 24.5 Å².